The Morgan fingerprint density at radius 3 is 1.28 bits per heavy atom. The maximum atomic E-state index is 11.8. The second kappa shape index (κ2) is 10.5. The number of anilines is 5. The number of nitrogen functional groups attached to an aromatic ring is 4. The molecular formula is C26H27N5O. The number of rotatable bonds is 4. The Labute approximate surface area is 187 Å². The summed E-state index contributed by atoms with van der Waals surface area (Å²) in [6, 6.07) is 29.6. The molecule has 0 radical (unpaired) electrons. The summed E-state index contributed by atoms with van der Waals surface area (Å²) in [4.78, 5) is 11.8. The van der Waals surface area contributed by atoms with Crippen molar-refractivity contribution in [2.24, 2.45) is 0 Å². The van der Waals surface area contributed by atoms with Crippen molar-refractivity contribution in [1.82, 2.24) is 0 Å². The molecule has 4 aromatic rings. The highest BCUT2D eigenvalue weighted by Gasteiger charge is 2.05. The van der Waals surface area contributed by atoms with E-state index < -0.39 is 0 Å². The number of amides is 1. The molecule has 162 valence electrons. The molecule has 0 aliphatic carbocycles. The third-order valence-corrected chi connectivity index (χ3v) is 4.71. The lowest BCUT2D eigenvalue weighted by Gasteiger charge is -2.05. The topological polar surface area (TPSA) is 133 Å². The average Bonchev–Trinajstić information content (AvgIpc) is 2.79. The largest absolute Gasteiger partial charge is 0.399 e. The van der Waals surface area contributed by atoms with Gasteiger partial charge in [-0.1, -0.05) is 24.3 Å². The number of hydrogen-bond donors (Lipinski definition) is 5. The van der Waals surface area contributed by atoms with Gasteiger partial charge >= 0.3 is 0 Å². The van der Waals surface area contributed by atoms with Gasteiger partial charge in [0, 0.05) is 34.0 Å². The van der Waals surface area contributed by atoms with E-state index >= 15 is 0 Å². The quantitative estimate of drug-likeness (QED) is 0.306. The van der Waals surface area contributed by atoms with Crippen LogP contribution in [0.25, 0.3) is 0 Å². The standard InChI is InChI=1S/C13H13N3O.C13H14N2/c14-10-3-1-9(2-4-10)13(17)16-12-7-5-11(15)6-8-12;14-12-5-1-10(2-6-12)9-11-3-7-13(15)8-4-11/h1-8H,14-15H2,(H,16,17);1-8H,9,14-15H2. The molecule has 0 aliphatic rings. The van der Waals surface area contributed by atoms with Crippen LogP contribution < -0.4 is 28.3 Å². The van der Waals surface area contributed by atoms with Crippen LogP contribution in [-0.4, -0.2) is 5.91 Å². The molecule has 4 rings (SSSR count). The van der Waals surface area contributed by atoms with Crippen LogP contribution in [0.1, 0.15) is 21.5 Å². The summed E-state index contributed by atoms with van der Waals surface area (Å²) in [5, 5.41) is 2.77. The smallest absolute Gasteiger partial charge is 0.255 e. The lowest BCUT2D eigenvalue weighted by Crippen LogP contribution is -2.11. The minimum absolute atomic E-state index is 0.172. The molecule has 0 aliphatic heterocycles. The highest BCUT2D eigenvalue weighted by molar-refractivity contribution is 6.04. The summed E-state index contributed by atoms with van der Waals surface area (Å²) in [6.07, 6.45) is 0.917. The summed E-state index contributed by atoms with van der Waals surface area (Å²) < 4.78 is 0. The van der Waals surface area contributed by atoms with Crippen molar-refractivity contribution in [3.63, 3.8) is 0 Å². The van der Waals surface area contributed by atoms with Crippen molar-refractivity contribution in [3.8, 4) is 0 Å². The predicted octanol–water partition coefficient (Wildman–Crippen LogP) is 4.55. The average molecular weight is 426 g/mol. The lowest BCUT2D eigenvalue weighted by molar-refractivity contribution is 0.102. The van der Waals surface area contributed by atoms with Gasteiger partial charge in [-0.25, -0.2) is 0 Å². The molecule has 0 heterocycles. The van der Waals surface area contributed by atoms with Gasteiger partial charge in [0.15, 0.2) is 0 Å². The highest BCUT2D eigenvalue weighted by atomic mass is 16.1. The first kappa shape index (κ1) is 22.2. The summed E-state index contributed by atoms with van der Waals surface area (Å²) in [5.41, 5.74) is 29.0. The maximum Gasteiger partial charge on any atom is 0.255 e. The molecule has 0 fully saturated rings. The van der Waals surface area contributed by atoms with Crippen molar-refractivity contribution >= 4 is 34.3 Å². The first-order chi connectivity index (χ1) is 15.4. The molecule has 0 unspecified atom stereocenters. The van der Waals surface area contributed by atoms with E-state index in [-0.39, 0.29) is 5.91 Å². The second-order valence-corrected chi connectivity index (χ2v) is 7.36. The van der Waals surface area contributed by atoms with E-state index in [2.05, 4.69) is 5.32 Å². The van der Waals surface area contributed by atoms with Crippen LogP contribution in [0.3, 0.4) is 0 Å². The molecule has 9 N–H and O–H groups in total. The van der Waals surface area contributed by atoms with E-state index in [9.17, 15) is 4.79 Å². The Morgan fingerprint density at radius 1 is 0.531 bits per heavy atom. The molecule has 0 saturated carbocycles. The number of hydrogen-bond acceptors (Lipinski definition) is 5. The molecular weight excluding hydrogens is 398 g/mol. The molecule has 1 amide bonds. The minimum atomic E-state index is -0.172. The van der Waals surface area contributed by atoms with Gasteiger partial charge in [0.2, 0.25) is 0 Å². The predicted molar refractivity (Wildman–Crippen MR) is 134 cm³/mol. The van der Waals surface area contributed by atoms with Crippen molar-refractivity contribution in [2.45, 2.75) is 6.42 Å². The van der Waals surface area contributed by atoms with Gasteiger partial charge in [-0.3, -0.25) is 4.79 Å². The minimum Gasteiger partial charge on any atom is -0.399 e. The Bertz CT molecular complexity index is 1090. The summed E-state index contributed by atoms with van der Waals surface area (Å²) >= 11 is 0. The fourth-order valence-electron chi connectivity index (χ4n) is 2.91. The van der Waals surface area contributed by atoms with E-state index in [1.807, 2.05) is 48.5 Å². The van der Waals surface area contributed by atoms with Gasteiger partial charge in [-0.2, -0.15) is 0 Å². The fourth-order valence-corrected chi connectivity index (χ4v) is 2.91. The van der Waals surface area contributed by atoms with Crippen LogP contribution in [0.5, 0.6) is 0 Å². The van der Waals surface area contributed by atoms with E-state index in [0.29, 0.717) is 22.6 Å². The van der Waals surface area contributed by atoms with Gasteiger partial charge in [-0.05, 0) is 90.3 Å². The lowest BCUT2D eigenvalue weighted by atomic mass is 10.0. The number of carbonyl (C=O) groups excluding carboxylic acids is 1. The SMILES string of the molecule is Nc1ccc(Cc2ccc(N)cc2)cc1.Nc1ccc(NC(=O)c2ccc(N)cc2)cc1. The normalized spacial score (nSPS) is 10.0. The van der Waals surface area contributed by atoms with E-state index in [1.165, 1.54) is 11.1 Å². The van der Waals surface area contributed by atoms with Crippen LogP contribution in [0.15, 0.2) is 97.1 Å². The monoisotopic (exact) mass is 425 g/mol. The molecule has 0 spiro atoms. The maximum absolute atomic E-state index is 11.8. The van der Waals surface area contributed by atoms with Crippen LogP contribution in [0.4, 0.5) is 28.4 Å². The van der Waals surface area contributed by atoms with Crippen molar-refractivity contribution < 1.29 is 4.79 Å². The molecule has 0 saturated heterocycles. The summed E-state index contributed by atoms with van der Waals surface area (Å²) in [6.45, 7) is 0. The first-order valence-corrected chi connectivity index (χ1v) is 10.1. The molecule has 32 heavy (non-hydrogen) atoms. The number of nitrogens with one attached hydrogen (secondary N) is 1. The molecule has 6 heteroatoms. The summed E-state index contributed by atoms with van der Waals surface area (Å²) in [5.74, 6) is -0.172. The zero-order chi connectivity index (χ0) is 22.9. The number of carbonyl (C=O) groups is 1. The van der Waals surface area contributed by atoms with E-state index in [0.717, 1.165) is 17.8 Å². The fraction of sp³-hybridized carbons (Fsp3) is 0.0385. The van der Waals surface area contributed by atoms with Crippen molar-refractivity contribution in [3.05, 3.63) is 114 Å². The molecule has 0 aromatic heterocycles. The molecule has 6 nitrogen and oxygen atoms in total. The van der Waals surface area contributed by atoms with E-state index in [1.54, 1.807) is 48.5 Å². The summed E-state index contributed by atoms with van der Waals surface area (Å²) in [7, 11) is 0. The van der Waals surface area contributed by atoms with Crippen LogP contribution in [0, 0.1) is 0 Å². The van der Waals surface area contributed by atoms with Crippen molar-refractivity contribution in [1.29, 1.82) is 0 Å². The number of benzene rings is 4. The van der Waals surface area contributed by atoms with Gasteiger partial charge in [0.05, 0.1) is 0 Å². The van der Waals surface area contributed by atoms with Gasteiger partial charge in [-0.15, -0.1) is 0 Å². The highest BCUT2D eigenvalue weighted by Crippen LogP contribution is 2.14. The Hall–Kier alpha value is -4.45. The van der Waals surface area contributed by atoms with Crippen LogP contribution >= 0.6 is 0 Å². The second-order valence-electron chi connectivity index (χ2n) is 7.36. The van der Waals surface area contributed by atoms with Crippen LogP contribution in [-0.2, 0) is 6.42 Å². The molecule has 4 aromatic carbocycles. The van der Waals surface area contributed by atoms with E-state index in [4.69, 9.17) is 22.9 Å². The first-order valence-electron chi connectivity index (χ1n) is 10.1. The number of nitrogens with two attached hydrogens (primary N) is 4. The molecule has 0 atom stereocenters. The molecule has 0 bridgehead atoms. The Morgan fingerprint density at radius 2 is 0.875 bits per heavy atom. The van der Waals surface area contributed by atoms with Gasteiger partial charge in [0.1, 0.15) is 0 Å². The third-order valence-electron chi connectivity index (χ3n) is 4.71. The zero-order valence-electron chi connectivity index (χ0n) is 17.7. The zero-order valence-corrected chi connectivity index (χ0v) is 17.7. The van der Waals surface area contributed by atoms with Crippen LogP contribution in [0.2, 0.25) is 0 Å². The van der Waals surface area contributed by atoms with Crippen molar-refractivity contribution in [2.75, 3.05) is 28.3 Å². The third kappa shape index (κ3) is 6.81. The van der Waals surface area contributed by atoms with Gasteiger partial charge in [0.25, 0.3) is 5.91 Å². The van der Waals surface area contributed by atoms with Gasteiger partial charge < -0.3 is 28.3 Å². The Kier molecular flexibility index (Phi) is 7.33. The Balaban J connectivity index is 0.000000182.